The summed E-state index contributed by atoms with van der Waals surface area (Å²) in [5, 5.41) is 13.0. The maximum absolute atomic E-state index is 12.6. The lowest BCUT2D eigenvalue weighted by Gasteiger charge is -2.34. The predicted octanol–water partition coefficient (Wildman–Crippen LogP) is 4.41. The zero-order valence-corrected chi connectivity index (χ0v) is 21.8. The summed E-state index contributed by atoms with van der Waals surface area (Å²) in [6.45, 7) is 10.6. The van der Waals surface area contributed by atoms with Crippen molar-refractivity contribution < 1.29 is 9.53 Å². The lowest BCUT2D eigenvalue weighted by atomic mass is 9.86. The SMILES string of the molecule is Cc1nc(N)nc(N[C@@H](C)c2nc3ccn(C)c3cc2C2CCN(C(=O)OC(C)(C)C)CC2)c1C#N. The number of likely N-dealkylation sites (tertiary alicyclic amines) is 1. The van der Waals surface area contributed by atoms with Gasteiger partial charge in [0, 0.05) is 26.3 Å². The van der Waals surface area contributed by atoms with Gasteiger partial charge in [0.1, 0.15) is 23.1 Å². The normalized spacial score (nSPS) is 15.5. The third kappa shape index (κ3) is 5.20. The van der Waals surface area contributed by atoms with Crippen LogP contribution in [0.25, 0.3) is 11.0 Å². The number of piperidine rings is 1. The number of pyridine rings is 1. The van der Waals surface area contributed by atoms with Gasteiger partial charge in [0.15, 0.2) is 0 Å². The molecule has 3 aromatic rings. The van der Waals surface area contributed by atoms with Crippen LogP contribution in [0.2, 0.25) is 0 Å². The summed E-state index contributed by atoms with van der Waals surface area (Å²) in [5.74, 6) is 0.737. The van der Waals surface area contributed by atoms with E-state index in [0.717, 1.165) is 35.1 Å². The Morgan fingerprint density at radius 2 is 1.97 bits per heavy atom. The quantitative estimate of drug-likeness (QED) is 0.549. The lowest BCUT2D eigenvalue weighted by molar-refractivity contribution is 0.0204. The van der Waals surface area contributed by atoms with Crippen LogP contribution in [-0.2, 0) is 11.8 Å². The highest BCUT2D eigenvalue weighted by Gasteiger charge is 2.30. The highest BCUT2D eigenvalue weighted by atomic mass is 16.6. The van der Waals surface area contributed by atoms with Crippen LogP contribution in [0.1, 0.15) is 75.0 Å². The number of nitrogens with one attached hydrogen (secondary N) is 1. The molecular weight excluding hydrogens is 456 g/mol. The van der Waals surface area contributed by atoms with E-state index in [1.54, 1.807) is 11.8 Å². The Hall–Kier alpha value is -3.87. The molecule has 10 nitrogen and oxygen atoms in total. The molecule has 1 aliphatic rings. The van der Waals surface area contributed by atoms with Crippen molar-refractivity contribution in [1.29, 1.82) is 5.26 Å². The lowest BCUT2D eigenvalue weighted by Crippen LogP contribution is -2.41. The van der Waals surface area contributed by atoms with Gasteiger partial charge in [0.05, 0.1) is 28.5 Å². The van der Waals surface area contributed by atoms with Crippen molar-refractivity contribution in [3.8, 4) is 6.07 Å². The molecule has 0 aliphatic carbocycles. The third-order valence-electron chi connectivity index (χ3n) is 6.50. The molecule has 0 unspecified atom stereocenters. The number of nitrogens with zero attached hydrogens (tertiary/aromatic N) is 6. The molecule has 1 amide bonds. The molecule has 10 heteroatoms. The second-order valence-corrected chi connectivity index (χ2v) is 10.4. The summed E-state index contributed by atoms with van der Waals surface area (Å²) in [4.78, 5) is 27.8. The average Bonchev–Trinajstić information content (AvgIpc) is 3.17. The molecule has 0 aromatic carbocycles. The fourth-order valence-electron chi connectivity index (χ4n) is 4.69. The first-order valence-corrected chi connectivity index (χ1v) is 12.2. The largest absolute Gasteiger partial charge is 0.444 e. The van der Waals surface area contributed by atoms with Gasteiger partial charge < -0.3 is 25.3 Å². The summed E-state index contributed by atoms with van der Waals surface area (Å²) in [7, 11) is 2.01. The monoisotopic (exact) mass is 490 g/mol. The first-order valence-electron chi connectivity index (χ1n) is 12.2. The van der Waals surface area contributed by atoms with Gasteiger partial charge in [-0.05, 0) is 71.1 Å². The standard InChI is InChI=1S/C26H34N8O2/c1-15-19(14-27)23(32-24(28)30-15)29-16(2)22-18(13-21-20(31-22)9-10-33(21)6)17-7-11-34(12-8-17)25(35)36-26(3,4)5/h9-10,13,16-17H,7-8,11-12H2,1-6H3,(H3,28,29,30,32)/t16-/m0/s1. The number of ether oxygens (including phenoxy) is 1. The molecule has 4 heterocycles. The molecule has 3 N–H and O–H groups in total. The number of hydrogen-bond acceptors (Lipinski definition) is 8. The van der Waals surface area contributed by atoms with Crippen LogP contribution in [0.5, 0.6) is 0 Å². The zero-order chi connectivity index (χ0) is 26.2. The summed E-state index contributed by atoms with van der Waals surface area (Å²) < 4.78 is 7.62. The van der Waals surface area contributed by atoms with Gasteiger partial charge in [-0.25, -0.2) is 14.8 Å². The van der Waals surface area contributed by atoms with E-state index < -0.39 is 5.60 Å². The number of fused-ring (bicyclic) bond motifs is 1. The summed E-state index contributed by atoms with van der Waals surface area (Å²) in [5.41, 5.74) is 10.2. The number of anilines is 2. The van der Waals surface area contributed by atoms with Crippen molar-refractivity contribution in [2.24, 2.45) is 7.05 Å². The minimum atomic E-state index is -0.519. The van der Waals surface area contributed by atoms with E-state index in [1.165, 1.54) is 0 Å². The second-order valence-electron chi connectivity index (χ2n) is 10.4. The molecule has 190 valence electrons. The van der Waals surface area contributed by atoms with Crippen molar-refractivity contribution in [3.63, 3.8) is 0 Å². The van der Waals surface area contributed by atoms with E-state index in [-0.39, 0.29) is 24.0 Å². The van der Waals surface area contributed by atoms with Crippen LogP contribution >= 0.6 is 0 Å². The fraction of sp³-hybridized carbons (Fsp3) is 0.500. The molecule has 1 saturated heterocycles. The molecule has 0 spiro atoms. The van der Waals surface area contributed by atoms with Gasteiger partial charge in [-0.15, -0.1) is 0 Å². The predicted molar refractivity (Wildman–Crippen MR) is 138 cm³/mol. The Labute approximate surface area is 211 Å². The van der Waals surface area contributed by atoms with E-state index in [9.17, 15) is 10.1 Å². The van der Waals surface area contributed by atoms with Gasteiger partial charge in [0.2, 0.25) is 5.95 Å². The van der Waals surface area contributed by atoms with Crippen LogP contribution in [-0.4, -0.2) is 49.2 Å². The van der Waals surface area contributed by atoms with Gasteiger partial charge in [-0.2, -0.15) is 10.2 Å². The van der Waals surface area contributed by atoms with E-state index >= 15 is 0 Å². The third-order valence-corrected chi connectivity index (χ3v) is 6.50. The van der Waals surface area contributed by atoms with Gasteiger partial charge in [-0.3, -0.25) is 0 Å². The molecule has 1 aliphatic heterocycles. The van der Waals surface area contributed by atoms with Crippen molar-refractivity contribution in [2.45, 2.75) is 65.0 Å². The van der Waals surface area contributed by atoms with Crippen molar-refractivity contribution >= 4 is 28.9 Å². The molecule has 0 saturated carbocycles. The van der Waals surface area contributed by atoms with E-state index in [0.29, 0.717) is 30.2 Å². The van der Waals surface area contributed by atoms with E-state index in [1.807, 2.05) is 47.0 Å². The smallest absolute Gasteiger partial charge is 0.410 e. The van der Waals surface area contributed by atoms with Gasteiger partial charge in [-0.1, -0.05) is 0 Å². The zero-order valence-electron chi connectivity index (χ0n) is 21.8. The number of hydrogen-bond donors (Lipinski definition) is 2. The highest BCUT2D eigenvalue weighted by molar-refractivity contribution is 5.77. The number of nitriles is 1. The number of nitrogens with two attached hydrogens (primary N) is 1. The van der Waals surface area contributed by atoms with Crippen LogP contribution in [0.15, 0.2) is 18.3 Å². The van der Waals surface area contributed by atoms with Crippen LogP contribution in [0.3, 0.4) is 0 Å². The number of carbonyl (C=O) groups is 1. The Morgan fingerprint density at radius 3 is 2.61 bits per heavy atom. The van der Waals surface area contributed by atoms with E-state index in [4.69, 9.17) is 15.5 Å². The number of nitrogen functional groups attached to an aromatic ring is 1. The Balaban J connectivity index is 1.64. The molecular formula is C26H34N8O2. The topological polar surface area (TPSA) is 135 Å². The van der Waals surface area contributed by atoms with Crippen LogP contribution in [0.4, 0.5) is 16.6 Å². The summed E-state index contributed by atoms with van der Waals surface area (Å²) in [6.07, 6.45) is 3.34. The molecule has 1 fully saturated rings. The Kier molecular flexibility index (Phi) is 6.76. The molecule has 3 aromatic heterocycles. The van der Waals surface area contributed by atoms with E-state index in [2.05, 4.69) is 32.0 Å². The molecule has 36 heavy (non-hydrogen) atoms. The molecule has 1 atom stereocenters. The number of carbonyl (C=O) groups excluding carboxylic acids is 1. The maximum atomic E-state index is 12.6. The number of aromatic nitrogens is 4. The van der Waals surface area contributed by atoms with Crippen molar-refractivity contribution in [3.05, 3.63) is 40.8 Å². The van der Waals surface area contributed by atoms with Gasteiger partial charge >= 0.3 is 6.09 Å². The molecule has 0 bridgehead atoms. The van der Waals surface area contributed by atoms with Crippen LogP contribution in [0, 0.1) is 18.3 Å². The minimum absolute atomic E-state index is 0.113. The molecule has 0 radical (unpaired) electrons. The average molecular weight is 491 g/mol. The number of aryl methyl sites for hydroxylation is 2. The first kappa shape index (κ1) is 25.2. The number of amides is 1. The fourth-order valence-corrected chi connectivity index (χ4v) is 4.69. The first-order chi connectivity index (χ1) is 17.0. The number of rotatable bonds is 4. The Morgan fingerprint density at radius 1 is 1.28 bits per heavy atom. The summed E-state index contributed by atoms with van der Waals surface area (Å²) >= 11 is 0. The maximum Gasteiger partial charge on any atom is 0.410 e. The molecule has 4 rings (SSSR count). The van der Waals surface area contributed by atoms with Crippen molar-refractivity contribution in [2.75, 3.05) is 24.1 Å². The Bertz CT molecular complexity index is 1330. The second kappa shape index (κ2) is 9.64. The highest BCUT2D eigenvalue weighted by Crippen LogP contribution is 2.36. The van der Waals surface area contributed by atoms with Crippen molar-refractivity contribution in [1.82, 2.24) is 24.4 Å². The van der Waals surface area contributed by atoms with Crippen LogP contribution < -0.4 is 11.1 Å². The minimum Gasteiger partial charge on any atom is -0.444 e. The van der Waals surface area contributed by atoms with Gasteiger partial charge in [0.25, 0.3) is 0 Å². The summed E-state index contributed by atoms with van der Waals surface area (Å²) in [6, 6.07) is 6.13.